The van der Waals surface area contributed by atoms with Crippen molar-refractivity contribution >= 4 is 39.1 Å². The summed E-state index contributed by atoms with van der Waals surface area (Å²) in [6, 6.07) is 7.10. The number of amides is 2. The number of fused-ring (bicyclic) bond motifs is 1. The van der Waals surface area contributed by atoms with Crippen LogP contribution in [0.15, 0.2) is 35.4 Å². The molecule has 3 aromatic rings. The van der Waals surface area contributed by atoms with Crippen LogP contribution in [0.1, 0.15) is 40.1 Å². The largest absolute Gasteiger partial charge is 0.349 e. The Labute approximate surface area is 171 Å². The van der Waals surface area contributed by atoms with Gasteiger partial charge in [0.25, 0.3) is 11.5 Å². The molecule has 8 heteroatoms. The van der Waals surface area contributed by atoms with E-state index in [-0.39, 0.29) is 30.3 Å². The molecule has 0 radical (unpaired) electrons. The Morgan fingerprint density at radius 2 is 1.93 bits per heavy atom. The highest BCUT2D eigenvalue weighted by Gasteiger charge is 2.23. The topological polar surface area (TPSA) is 93.1 Å². The highest BCUT2D eigenvalue weighted by atomic mass is 32.1. The molecule has 2 heterocycles. The van der Waals surface area contributed by atoms with E-state index in [1.54, 1.807) is 24.3 Å². The van der Waals surface area contributed by atoms with Crippen LogP contribution >= 0.6 is 11.3 Å². The number of rotatable bonds is 6. The van der Waals surface area contributed by atoms with Crippen LogP contribution in [0.5, 0.6) is 0 Å². The van der Waals surface area contributed by atoms with E-state index >= 15 is 0 Å². The van der Waals surface area contributed by atoms with Gasteiger partial charge in [0.15, 0.2) is 0 Å². The number of thiophene rings is 1. The minimum absolute atomic E-state index is 0.0911. The highest BCUT2D eigenvalue weighted by Crippen LogP contribution is 2.25. The molecule has 0 aliphatic heterocycles. The second-order valence-electron chi connectivity index (χ2n) is 7.33. The maximum absolute atomic E-state index is 12.7. The van der Waals surface area contributed by atoms with E-state index in [9.17, 15) is 14.4 Å². The standard InChI is InChI=1S/C21H22N4O3S/c1-12-13(2)29-20-18(12)21(28)25(11-22-20)10-9-17(26)23-15-5-3-14(4-6-15)19(27)24-16-7-8-16/h3-6,11,16H,7-10H2,1-2H3,(H,23,26)(H,24,27). The molecule has 0 saturated heterocycles. The van der Waals surface area contributed by atoms with Gasteiger partial charge >= 0.3 is 0 Å². The quantitative estimate of drug-likeness (QED) is 0.653. The summed E-state index contributed by atoms with van der Waals surface area (Å²) in [6.45, 7) is 4.15. The van der Waals surface area contributed by atoms with Gasteiger partial charge in [-0.3, -0.25) is 19.0 Å². The molecule has 1 aliphatic carbocycles. The van der Waals surface area contributed by atoms with Crippen LogP contribution in [-0.2, 0) is 11.3 Å². The SMILES string of the molecule is Cc1sc2ncn(CCC(=O)Nc3ccc(C(=O)NC4CC4)cc3)c(=O)c2c1C. The second-order valence-corrected chi connectivity index (χ2v) is 8.53. The zero-order valence-electron chi connectivity index (χ0n) is 16.3. The van der Waals surface area contributed by atoms with Gasteiger partial charge in [0.2, 0.25) is 5.91 Å². The Morgan fingerprint density at radius 3 is 2.62 bits per heavy atom. The van der Waals surface area contributed by atoms with Crippen LogP contribution in [0.2, 0.25) is 0 Å². The maximum Gasteiger partial charge on any atom is 0.262 e. The number of aryl methyl sites for hydroxylation is 3. The summed E-state index contributed by atoms with van der Waals surface area (Å²) in [5, 5.41) is 6.36. The molecule has 0 atom stereocenters. The zero-order chi connectivity index (χ0) is 20.5. The Morgan fingerprint density at radius 1 is 1.21 bits per heavy atom. The number of aromatic nitrogens is 2. The van der Waals surface area contributed by atoms with Crippen molar-refractivity contribution in [1.29, 1.82) is 0 Å². The van der Waals surface area contributed by atoms with Crippen molar-refractivity contribution in [2.24, 2.45) is 0 Å². The molecular weight excluding hydrogens is 388 g/mol. The smallest absolute Gasteiger partial charge is 0.262 e. The first kappa shape index (κ1) is 19.3. The second kappa shape index (κ2) is 7.79. The van der Waals surface area contributed by atoms with Gasteiger partial charge in [-0.05, 0) is 56.5 Å². The lowest BCUT2D eigenvalue weighted by molar-refractivity contribution is -0.116. The summed E-state index contributed by atoms with van der Waals surface area (Å²) in [4.78, 5) is 43.1. The number of hydrogen-bond acceptors (Lipinski definition) is 5. The van der Waals surface area contributed by atoms with Gasteiger partial charge in [-0.15, -0.1) is 11.3 Å². The predicted octanol–water partition coefficient (Wildman–Crippen LogP) is 3.00. The highest BCUT2D eigenvalue weighted by molar-refractivity contribution is 7.18. The third-order valence-corrected chi connectivity index (χ3v) is 6.19. The normalized spacial score (nSPS) is 13.4. The first-order chi connectivity index (χ1) is 13.9. The number of anilines is 1. The van der Waals surface area contributed by atoms with Gasteiger partial charge in [0, 0.05) is 35.1 Å². The zero-order valence-corrected chi connectivity index (χ0v) is 17.1. The van der Waals surface area contributed by atoms with Gasteiger partial charge in [0.1, 0.15) is 4.83 Å². The predicted molar refractivity (Wildman–Crippen MR) is 114 cm³/mol. The molecule has 1 aromatic carbocycles. The van der Waals surface area contributed by atoms with Crippen molar-refractivity contribution in [3.8, 4) is 0 Å². The van der Waals surface area contributed by atoms with E-state index in [1.165, 1.54) is 22.2 Å². The first-order valence-electron chi connectivity index (χ1n) is 9.58. The van der Waals surface area contributed by atoms with E-state index in [1.807, 2.05) is 13.8 Å². The van der Waals surface area contributed by atoms with Crippen molar-refractivity contribution in [3.63, 3.8) is 0 Å². The van der Waals surface area contributed by atoms with E-state index in [4.69, 9.17) is 0 Å². The van der Waals surface area contributed by atoms with E-state index in [2.05, 4.69) is 15.6 Å². The molecular formula is C21H22N4O3S. The lowest BCUT2D eigenvalue weighted by Gasteiger charge is -2.08. The van der Waals surface area contributed by atoms with E-state index < -0.39 is 0 Å². The third-order valence-electron chi connectivity index (χ3n) is 5.08. The molecule has 1 saturated carbocycles. The lowest BCUT2D eigenvalue weighted by Crippen LogP contribution is -2.25. The number of benzene rings is 1. The fourth-order valence-electron chi connectivity index (χ4n) is 3.08. The molecule has 2 aromatic heterocycles. The van der Waals surface area contributed by atoms with Crippen molar-refractivity contribution in [3.05, 3.63) is 57.0 Å². The van der Waals surface area contributed by atoms with Crippen molar-refractivity contribution in [2.75, 3.05) is 5.32 Å². The number of hydrogen-bond donors (Lipinski definition) is 2. The summed E-state index contributed by atoms with van der Waals surface area (Å²) in [7, 11) is 0. The number of carbonyl (C=O) groups is 2. The number of nitrogens with zero attached hydrogens (tertiary/aromatic N) is 2. The van der Waals surface area contributed by atoms with Crippen LogP contribution in [0, 0.1) is 13.8 Å². The summed E-state index contributed by atoms with van der Waals surface area (Å²) in [5.74, 6) is -0.294. The molecule has 2 amide bonds. The average molecular weight is 410 g/mol. The Balaban J connectivity index is 1.37. The van der Waals surface area contributed by atoms with Crippen molar-refractivity contribution < 1.29 is 9.59 Å². The molecule has 29 heavy (non-hydrogen) atoms. The van der Waals surface area contributed by atoms with Crippen LogP contribution in [0.25, 0.3) is 10.2 Å². The fourth-order valence-corrected chi connectivity index (χ4v) is 4.06. The van der Waals surface area contributed by atoms with E-state index in [0.29, 0.717) is 22.7 Å². The molecule has 0 bridgehead atoms. The van der Waals surface area contributed by atoms with Gasteiger partial charge in [-0.2, -0.15) is 0 Å². The first-order valence-corrected chi connectivity index (χ1v) is 10.4. The number of nitrogens with one attached hydrogen (secondary N) is 2. The third kappa shape index (κ3) is 4.22. The average Bonchev–Trinajstić information content (AvgIpc) is 3.46. The molecule has 4 rings (SSSR count). The molecule has 2 N–H and O–H groups in total. The van der Waals surface area contributed by atoms with Crippen molar-refractivity contribution in [2.45, 2.75) is 45.7 Å². The molecule has 0 unspecified atom stereocenters. The van der Waals surface area contributed by atoms with Crippen LogP contribution < -0.4 is 16.2 Å². The molecule has 7 nitrogen and oxygen atoms in total. The maximum atomic E-state index is 12.7. The van der Waals surface area contributed by atoms with Gasteiger partial charge in [-0.25, -0.2) is 4.98 Å². The number of carbonyl (C=O) groups excluding carboxylic acids is 2. The summed E-state index contributed by atoms with van der Waals surface area (Å²) in [6.07, 6.45) is 3.73. The Hall–Kier alpha value is -3.00. The van der Waals surface area contributed by atoms with Crippen LogP contribution in [-0.4, -0.2) is 27.4 Å². The molecule has 1 fully saturated rings. The van der Waals surface area contributed by atoms with Gasteiger partial charge in [0.05, 0.1) is 11.7 Å². The molecule has 1 aliphatic rings. The van der Waals surface area contributed by atoms with Crippen LogP contribution in [0.4, 0.5) is 5.69 Å². The summed E-state index contributed by atoms with van der Waals surface area (Å²) >= 11 is 1.51. The van der Waals surface area contributed by atoms with Gasteiger partial charge < -0.3 is 10.6 Å². The monoisotopic (exact) mass is 410 g/mol. The van der Waals surface area contributed by atoms with Crippen molar-refractivity contribution in [1.82, 2.24) is 14.9 Å². The molecule has 150 valence electrons. The van der Waals surface area contributed by atoms with Crippen LogP contribution in [0.3, 0.4) is 0 Å². The minimum atomic E-state index is -0.203. The minimum Gasteiger partial charge on any atom is -0.349 e. The Bertz CT molecular complexity index is 1140. The summed E-state index contributed by atoms with van der Waals surface area (Å²) < 4.78 is 1.48. The molecule has 0 spiro atoms. The lowest BCUT2D eigenvalue weighted by atomic mass is 10.2. The van der Waals surface area contributed by atoms with E-state index in [0.717, 1.165) is 28.1 Å². The fraction of sp³-hybridized carbons (Fsp3) is 0.333. The van der Waals surface area contributed by atoms with Gasteiger partial charge in [-0.1, -0.05) is 0 Å². The Kier molecular flexibility index (Phi) is 5.19. The summed E-state index contributed by atoms with van der Waals surface area (Å²) in [5.41, 5.74) is 2.02.